The van der Waals surface area contributed by atoms with E-state index in [9.17, 15) is 14.4 Å². The molecule has 27 heavy (non-hydrogen) atoms. The highest BCUT2D eigenvalue weighted by atomic mass is 16.2. The molecule has 0 saturated heterocycles. The highest BCUT2D eigenvalue weighted by Gasteiger charge is 2.51. The molecule has 0 aliphatic heterocycles. The zero-order valence-electron chi connectivity index (χ0n) is 15.1. The molecule has 2 fully saturated rings. The first-order chi connectivity index (χ1) is 13.1. The third-order valence-corrected chi connectivity index (χ3v) is 5.79. The summed E-state index contributed by atoms with van der Waals surface area (Å²) in [6.07, 6.45) is 2.75. The number of H-pyrrole nitrogens is 1. The number of aromatic amines is 1. The van der Waals surface area contributed by atoms with Gasteiger partial charge in [0.05, 0.1) is 12.0 Å². The van der Waals surface area contributed by atoms with Gasteiger partial charge in [0.15, 0.2) is 11.5 Å². The van der Waals surface area contributed by atoms with Crippen LogP contribution in [-0.2, 0) is 9.59 Å². The molecular formula is C20H22N4O3. The van der Waals surface area contributed by atoms with E-state index < -0.39 is 6.04 Å². The number of hydrogen-bond donors (Lipinski definition) is 2. The number of nitrogens with zero attached hydrogens (tertiary/aromatic N) is 2. The molecule has 2 aliphatic rings. The number of rotatable bonds is 5. The van der Waals surface area contributed by atoms with Crippen molar-refractivity contribution in [2.75, 3.05) is 0 Å². The molecule has 1 aromatic heterocycles. The number of aromatic nitrogens is 3. The molecule has 4 atom stereocenters. The lowest BCUT2D eigenvalue weighted by Gasteiger charge is -2.20. The standard InChI is InChI=1S/C20H22N4O3/c1-2-14(21-19(26)16-12-8-9-13(16)15(25)10-12)17-20(27)22-18(24-23-17)11-6-4-3-5-7-11/h3-7,12-14,16H,2,8-10H2,1H3,(H,21,26)(H,22,24,27). The van der Waals surface area contributed by atoms with Crippen molar-refractivity contribution in [1.82, 2.24) is 20.5 Å². The average molecular weight is 366 g/mol. The van der Waals surface area contributed by atoms with E-state index in [1.165, 1.54) is 0 Å². The Morgan fingerprint density at radius 1 is 1.22 bits per heavy atom. The third kappa shape index (κ3) is 3.18. The van der Waals surface area contributed by atoms with Gasteiger partial charge in [0.1, 0.15) is 5.78 Å². The van der Waals surface area contributed by atoms with Crippen LogP contribution in [0.15, 0.2) is 35.1 Å². The van der Waals surface area contributed by atoms with Crippen LogP contribution in [0.1, 0.15) is 44.3 Å². The summed E-state index contributed by atoms with van der Waals surface area (Å²) in [6, 6.07) is 8.75. The minimum Gasteiger partial charge on any atom is -0.347 e. The Bertz CT molecular complexity index is 924. The first kappa shape index (κ1) is 17.6. The van der Waals surface area contributed by atoms with Gasteiger partial charge < -0.3 is 10.3 Å². The Balaban J connectivity index is 1.54. The Kier molecular flexibility index (Phi) is 4.59. The fraction of sp³-hybridized carbons (Fsp3) is 0.450. The van der Waals surface area contributed by atoms with E-state index in [1.54, 1.807) is 0 Å². The fourth-order valence-electron chi connectivity index (χ4n) is 4.41. The molecule has 1 heterocycles. The molecule has 2 N–H and O–H groups in total. The lowest BCUT2D eigenvalue weighted by Crippen LogP contribution is -2.39. The van der Waals surface area contributed by atoms with Crippen molar-refractivity contribution in [3.05, 3.63) is 46.4 Å². The summed E-state index contributed by atoms with van der Waals surface area (Å²) in [7, 11) is 0. The van der Waals surface area contributed by atoms with Crippen LogP contribution in [0.5, 0.6) is 0 Å². The summed E-state index contributed by atoms with van der Waals surface area (Å²) in [6.45, 7) is 1.88. The molecule has 4 rings (SSSR count). The molecule has 1 amide bonds. The van der Waals surface area contributed by atoms with Crippen LogP contribution in [0.3, 0.4) is 0 Å². The van der Waals surface area contributed by atoms with Gasteiger partial charge in [-0.05, 0) is 25.2 Å². The monoisotopic (exact) mass is 366 g/mol. The molecule has 0 radical (unpaired) electrons. The van der Waals surface area contributed by atoms with Gasteiger partial charge >= 0.3 is 0 Å². The van der Waals surface area contributed by atoms with Gasteiger partial charge in [0.25, 0.3) is 5.56 Å². The highest BCUT2D eigenvalue weighted by Crippen LogP contribution is 2.47. The molecule has 1 aromatic carbocycles. The lowest BCUT2D eigenvalue weighted by atomic mass is 9.96. The average Bonchev–Trinajstić information content (AvgIpc) is 3.24. The molecule has 140 valence electrons. The number of Topliss-reactive ketones (excluding diaryl/α,β-unsaturated/α-hetero) is 1. The van der Waals surface area contributed by atoms with Crippen LogP contribution in [-0.4, -0.2) is 26.9 Å². The summed E-state index contributed by atoms with van der Waals surface area (Å²) < 4.78 is 0. The van der Waals surface area contributed by atoms with E-state index in [0.29, 0.717) is 18.7 Å². The van der Waals surface area contributed by atoms with Gasteiger partial charge in [-0.15, -0.1) is 10.2 Å². The number of fused-ring (bicyclic) bond motifs is 2. The Hall–Kier alpha value is -2.83. The summed E-state index contributed by atoms with van der Waals surface area (Å²) in [5.41, 5.74) is 0.607. The van der Waals surface area contributed by atoms with Crippen LogP contribution >= 0.6 is 0 Å². The normalized spacial score (nSPS) is 24.8. The molecule has 2 bridgehead atoms. The number of amides is 1. The predicted octanol–water partition coefficient (Wildman–Crippen LogP) is 2.01. The van der Waals surface area contributed by atoms with E-state index in [4.69, 9.17) is 0 Å². The summed E-state index contributed by atoms with van der Waals surface area (Å²) in [4.78, 5) is 40.0. The third-order valence-electron chi connectivity index (χ3n) is 5.79. The van der Waals surface area contributed by atoms with Crippen molar-refractivity contribution in [3.63, 3.8) is 0 Å². The minimum absolute atomic E-state index is 0.143. The summed E-state index contributed by atoms with van der Waals surface area (Å²) in [5, 5.41) is 11.2. The Morgan fingerprint density at radius 3 is 2.59 bits per heavy atom. The lowest BCUT2D eigenvalue weighted by molar-refractivity contribution is -0.130. The number of carbonyl (C=O) groups excluding carboxylic acids is 2. The molecule has 2 aromatic rings. The van der Waals surface area contributed by atoms with Crippen LogP contribution < -0.4 is 10.9 Å². The molecular weight excluding hydrogens is 344 g/mol. The molecule has 2 aliphatic carbocycles. The van der Waals surface area contributed by atoms with Crippen LogP contribution in [0.4, 0.5) is 0 Å². The molecule has 2 saturated carbocycles. The Morgan fingerprint density at radius 2 is 2.00 bits per heavy atom. The van der Waals surface area contributed by atoms with Gasteiger partial charge in [-0.2, -0.15) is 0 Å². The quantitative estimate of drug-likeness (QED) is 0.842. The predicted molar refractivity (Wildman–Crippen MR) is 98.6 cm³/mol. The molecule has 7 nitrogen and oxygen atoms in total. The van der Waals surface area contributed by atoms with E-state index in [2.05, 4.69) is 20.5 Å². The first-order valence-corrected chi connectivity index (χ1v) is 9.44. The zero-order chi connectivity index (χ0) is 19.0. The molecule has 0 spiro atoms. The fourth-order valence-corrected chi connectivity index (χ4v) is 4.41. The van der Waals surface area contributed by atoms with E-state index in [-0.39, 0.29) is 40.7 Å². The SMILES string of the molecule is CCC(NC(=O)C1C2CCC1C(=O)C2)c1nnc(-c2ccccc2)[nH]c1=O. The van der Waals surface area contributed by atoms with Crippen molar-refractivity contribution < 1.29 is 9.59 Å². The number of ketones is 1. The second-order valence-corrected chi connectivity index (χ2v) is 7.36. The van der Waals surface area contributed by atoms with Gasteiger partial charge in [0, 0.05) is 17.9 Å². The second kappa shape index (κ2) is 7.06. The summed E-state index contributed by atoms with van der Waals surface area (Å²) >= 11 is 0. The van der Waals surface area contributed by atoms with E-state index in [0.717, 1.165) is 18.4 Å². The molecule has 4 unspecified atom stereocenters. The second-order valence-electron chi connectivity index (χ2n) is 7.36. The van der Waals surface area contributed by atoms with Gasteiger partial charge in [-0.25, -0.2) is 0 Å². The van der Waals surface area contributed by atoms with E-state index in [1.807, 2.05) is 37.3 Å². The number of benzene rings is 1. The topological polar surface area (TPSA) is 105 Å². The van der Waals surface area contributed by atoms with Gasteiger partial charge in [0.2, 0.25) is 5.91 Å². The highest BCUT2D eigenvalue weighted by molar-refractivity contribution is 5.93. The van der Waals surface area contributed by atoms with Crippen LogP contribution in [0.2, 0.25) is 0 Å². The maximum Gasteiger partial charge on any atom is 0.275 e. The van der Waals surface area contributed by atoms with Crippen LogP contribution in [0.25, 0.3) is 11.4 Å². The number of carbonyl (C=O) groups is 2. The maximum absolute atomic E-state index is 12.8. The smallest absolute Gasteiger partial charge is 0.275 e. The number of hydrogen-bond acceptors (Lipinski definition) is 5. The van der Waals surface area contributed by atoms with Crippen molar-refractivity contribution >= 4 is 11.7 Å². The summed E-state index contributed by atoms with van der Waals surface area (Å²) in [5.74, 6) is 0.173. The maximum atomic E-state index is 12.8. The van der Waals surface area contributed by atoms with Gasteiger partial charge in [-0.1, -0.05) is 37.3 Å². The van der Waals surface area contributed by atoms with Crippen molar-refractivity contribution in [2.45, 2.75) is 38.6 Å². The number of nitrogens with one attached hydrogen (secondary N) is 2. The minimum atomic E-state index is -0.520. The largest absolute Gasteiger partial charge is 0.347 e. The van der Waals surface area contributed by atoms with Gasteiger partial charge in [-0.3, -0.25) is 14.4 Å². The van der Waals surface area contributed by atoms with Crippen molar-refractivity contribution in [1.29, 1.82) is 0 Å². The van der Waals surface area contributed by atoms with Crippen molar-refractivity contribution in [2.24, 2.45) is 17.8 Å². The van der Waals surface area contributed by atoms with Crippen LogP contribution in [0, 0.1) is 17.8 Å². The zero-order valence-corrected chi connectivity index (χ0v) is 15.1. The van der Waals surface area contributed by atoms with Crippen molar-refractivity contribution in [3.8, 4) is 11.4 Å². The Labute approximate surface area is 156 Å². The first-order valence-electron chi connectivity index (χ1n) is 9.44. The van der Waals surface area contributed by atoms with E-state index >= 15 is 0 Å². The molecule has 7 heteroatoms.